The summed E-state index contributed by atoms with van der Waals surface area (Å²) in [6.45, 7) is 6.85. The number of nitrogens with zero attached hydrogens (tertiary/aromatic N) is 1. The lowest BCUT2D eigenvalue weighted by Gasteiger charge is -2.29. The minimum Gasteiger partial charge on any atom is -0.354 e. The zero-order valence-electron chi connectivity index (χ0n) is 18.0. The Balaban J connectivity index is 2.04. The Morgan fingerprint density at radius 3 is 2.50 bits per heavy atom. The van der Waals surface area contributed by atoms with Gasteiger partial charge in [-0.1, -0.05) is 60.8 Å². The first-order valence-corrected chi connectivity index (χ1v) is 11.8. The fourth-order valence-electron chi connectivity index (χ4n) is 2.96. The molecule has 1 N–H and O–H groups in total. The monoisotopic (exact) mass is 446 g/mol. The molecule has 0 saturated heterocycles. The predicted molar refractivity (Wildman–Crippen MR) is 126 cm³/mol. The molecule has 0 saturated carbocycles. The molecule has 2 rings (SSSR count). The molecule has 2 amide bonds. The molecule has 0 aliphatic heterocycles. The Morgan fingerprint density at radius 1 is 1.13 bits per heavy atom. The van der Waals surface area contributed by atoms with Crippen LogP contribution in [0.1, 0.15) is 44.2 Å². The number of hydrogen-bond acceptors (Lipinski definition) is 3. The van der Waals surface area contributed by atoms with Gasteiger partial charge in [0, 0.05) is 35.2 Å². The van der Waals surface area contributed by atoms with Gasteiger partial charge in [0.2, 0.25) is 11.8 Å². The standard InChI is InChI=1S/C24H31ClN2O2S/c1-4-5-15-26-24(29)19(3)27(17-20-8-6-7-9-22(20)25)23(28)14-16-30-21-12-10-18(2)11-13-21/h6-13,19H,4-5,14-17H2,1-3H3,(H,26,29)/t19-/m1/s1. The molecule has 0 aromatic heterocycles. The first-order chi connectivity index (χ1) is 14.4. The topological polar surface area (TPSA) is 49.4 Å². The number of halogens is 1. The summed E-state index contributed by atoms with van der Waals surface area (Å²) in [7, 11) is 0. The molecule has 2 aromatic carbocycles. The molecule has 4 nitrogen and oxygen atoms in total. The normalized spacial score (nSPS) is 11.7. The maximum absolute atomic E-state index is 13.1. The van der Waals surface area contributed by atoms with Crippen LogP contribution in [0.25, 0.3) is 0 Å². The lowest BCUT2D eigenvalue weighted by Crippen LogP contribution is -2.47. The Hall–Kier alpha value is -1.98. The number of rotatable bonds is 11. The number of unbranched alkanes of at least 4 members (excludes halogenated alkanes) is 1. The highest BCUT2D eigenvalue weighted by molar-refractivity contribution is 7.99. The second kappa shape index (κ2) is 12.7. The number of amides is 2. The van der Waals surface area contributed by atoms with E-state index in [1.54, 1.807) is 29.7 Å². The minimum atomic E-state index is -0.560. The van der Waals surface area contributed by atoms with E-state index in [-0.39, 0.29) is 11.8 Å². The molecule has 0 fully saturated rings. The summed E-state index contributed by atoms with van der Waals surface area (Å²) in [6.07, 6.45) is 2.28. The molecule has 0 bridgehead atoms. The van der Waals surface area contributed by atoms with Crippen molar-refractivity contribution in [3.05, 3.63) is 64.7 Å². The van der Waals surface area contributed by atoms with Gasteiger partial charge >= 0.3 is 0 Å². The second-order valence-corrected chi connectivity index (χ2v) is 8.92. The molecule has 0 unspecified atom stereocenters. The number of carbonyl (C=O) groups is 2. The fourth-order valence-corrected chi connectivity index (χ4v) is 4.00. The molecule has 0 spiro atoms. The molecule has 0 heterocycles. The SMILES string of the molecule is CCCCNC(=O)[C@@H](C)N(Cc1ccccc1Cl)C(=O)CCSc1ccc(C)cc1. The van der Waals surface area contributed by atoms with Gasteiger partial charge < -0.3 is 10.2 Å². The van der Waals surface area contributed by atoms with E-state index < -0.39 is 6.04 Å². The average Bonchev–Trinajstić information content (AvgIpc) is 2.74. The number of nitrogens with one attached hydrogen (secondary N) is 1. The van der Waals surface area contributed by atoms with Gasteiger partial charge in [0.05, 0.1) is 0 Å². The highest BCUT2D eigenvalue weighted by atomic mass is 35.5. The third-order valence-corrected chi connectivity index (χ3v) is 6.28. The lowest BCUT2D eigenvalue weighted by molar-refractivity contribution is -0.140. The first kappa shape index (κ1) is 24.3. The Kier molecular flexibility index (Phi) is 10.2. The van der Waals surface area contributed by atoms with Crippen LogP contribution in [0.5, 0.6) is 0 Å². The van der Waals surface area contributed by atoms with Crippen LogP contribution in [0, 0.1) is 6.92 Å². The van der Waals surface area contributed by atoms with Crippen molar-refractivity contribution in [1.82, 2.24) is 10.2 Å². The maximum atomic E-state index is 13.1. The minimum absolute atomic E-state index is 0.0485. The van der Waals surface area contributed by atoms with E-state index in [1.165, 1.54) is 5.56 Å². The van der Waals surface area contributed by atoms with E-state index in [0.29, 0.717) is 30.3 Å². The van der Waals surface area contributed by atoms with E-state index in [1.807, 2.05) is 18.2 Å². The van der Waals surface area contributed by atoms with E-state index >= 15 is 0 Å². The third-order valence-electron chi connectivity index (χ3n) is 4.90. The van der Waals surface area contributed by atoms with Crippen molar-refractivity contribution in [3.63, 3.8) is 0 Å². The van der Waals surface area contributed by atoms with E-state index in [4.69, 9.17) is 11.6 Å². The molecule has 2 aromatic rings. The van der Waals surface area contributed by atoms with Gasteiger partial charge in [-0.3, -0.25) is 9.59 Å². The number of benzene rings is 2. The van der Waals surface area contributed by atoms with Crippen LogP contribution in [0.3, 0.4) is 0 Å². The van der Waals surface area contributed by atoms with Crippen molar-refractivity contribution in [3.8, 4) is 0 Å². The van der Waals surface area contributed by atoms with E-state index in [0.717, 1.165) is 23.3 Å². The highest BCUT2D eigenvalue weighted by Gasteiger charge is 2.26. The van der Waals surface area contributed by atoms with Gasteiger partial charge in [0.1, 0.15) is 6.04 Å². The Morgan fingerprint density at radius 2 is 1.83 bits per heavy atom. The summed E-state index contributed by atoms with van der Waals surface area (Å²) in [5, 5.41) is 3.54. The Bertz CT molecular complexity index is 826. The van der Waals surface area contributed by atoms with E-state index in [9.17, 15) is 9.59 Å². The zero-order chi connectivity index (χ0) is 21.9. The van der Waals surface area contributed by atoms with Crippen LogP contribution < -0.4 is 5.32 Å². The quantitative estimate of drug-likeness (QED) is 0.368. The van der Waals surface area contributed by atoms with Gasteiger partial charge in [-0.2, -0.15) is 0 Å². The van der Waals surface area contributed by atoms with Crippen molar-refractivity contribution in [1.29, 1.82) is 0 Å². The van der Waals surface area contributed by atoms with Gasteiger partial charge in [-0.25, -0.2) is 0 Å². The summed E-state index contributed by atoms with van der Waals surface area (Å²) in [5.74, 6) is 0.480. The van der Waals surface area contributed by atoms with Crippen LogP contribution >= 0.6 is 23.4 Å². The fraction of sp³-hybridized carbons (Fsp3) is 0.417. The molecule has 30 heavy (non-hydrogen) atoms. The van der Waals surface area contributed by atoms with Gasteiger partial charge in [-0.05, 0) is 44.0 Å². The van der Waals surface area contributed by atoms with Gasteiger partial charge in [0.15, 0.2) is 0 Å². The largest absolute Gasteiger partial charge is 0.354 e. The smallest absolute Gasteiger partial charge is 0.242 e. The summed E-state index contributed by atoms with van der Waals surface area (Å²) in [5.41, 5.74) is 2.05. The summed E-state index contributed by atoms with van der Waals surface area (Å²) >= 11 is 7.96. The molecule has 0 aliphatic rings. The summed E-state index contributed by atoms with van der Waals surface area (Å²) in [4.78, 5) is 28.5. The predicted octanol–water partition coefficient (Wildman–Crippen LogP) is 5.46. The van der Waals surface area contributed by atoms with Crippen LogP contribution in [0.4, 0.5) is 0 Å². The number of aryl methyl sites for hydroxylation is 1. The van der Waals surface area contributed by atoms with Crippen molar-refractivity contribution in [2.75, 3.05) is 12.3 Å². The van der Waals surface area contributed by atoms with E-state index in [2.05, 4.69) is 43.4 Å². The summed E-state index contributed by atoms with van der Waals surface area (Å²) < 4.78 is 0. The van der Waals surface area contributed by atoms with Crippen molar-refractivity contribution in [2.24, 2.45) is 0 Å². The highest BCUT2D eigenvalue weighted by Crippen LogP contribution is 2.22. The Labute approximate surface area is 189 Å². The van der Waals surface area contributed by atoms with Gasteiger partial charge in [0.25, 0.3) is 0 Å². The van der Waals surface area contributed by atoms with Crippen LogP contribution in [-0.2, 0) is 16.1 Å². The van der Waals surface area contributed by atoms with Crippen molar-refractivity contribution < 1.29 is 9.59 Å². The van der Waals surface area contributed by atoms with Crippen LogP contribution in [-0.4, -0.2) is 35.1 Å². The molecule has 6 heteroatoms. The molecular weight excluding hydrogens is 416 g/mol. The number of thioether (sulfide) groups is 1. The third kappa shape index (κ3) is 7.69. The van der Waals surface area contributed by atoms with Crippen LogP contribution in [0.15, 0.2) is 53.4 Å². The first-order valence-electron chi connectivity index (χ1n) is 10.4. The zero-order valence-corrected chi connectivity index (χ0v) is 19.6. The molecule has 0 radical (unpaired) electrons. The second-order valence-electron chi connectivity index (χ2n) is 7.35. The number of carbonyl (C=O) groups excluding carboxylic acids is 2. The van der Waals surface area contributed by atoms with Crippen molar-refractivity contribution >= 4 is 35.2 Å². The molecule has 0 aliphatic carbocycles. The molecular formula is C24H31ClN2O2S. The average molecular weight is 447 g/mol. The van der Waals surface area contributed by atoms with Crippen LogP contribution in [0.2, 0.25) is 5.02 Å². The lowest BCUT2D eigenvalue weighted by atomic mass is 10.1. The van der Waals surface area contributed by atoms with Gasteiger partial charge in [-0.15, -0.1) is 11.8 Å². The van der Waals surface area contributed by atoms with Crippen molar-refractivity contribution in [2.45, 2.75) is 57.5 Å². The molecule has 162 valence electrons. The summed E-state index contributed by atoms with van der Waals surface area (Å²) in [6, 6.07) is 15.2. The maximum Gasteiger partial charge on any atom is 0.242 e. The number of hydrogen-bond donors (Lipinski definition) is 1. The molecule has 1 atom stereocenters.